The Morgan fingerprint density at radius 2 is 1.58 bits per heavy atom. The number of para-hydroxylation sites is 1. The normalized spacial score (nSPS) is 15.7. The van der Waals surface area contributed by atoms with Crippen LogP contribution in [0.15, 0.2) is 58.3 Å². The van der Waals surface area contributed by atoms with Crippen LogP contribution in [0.25, 0.3) is 0 Å². The number of sulfonamides is 1. The Morgan fingerprint density at radius 1 is 0.968 bits per heavy atom. The van der Waals surface area contributed by atoms with Gasteiger partial charge in [0.15, 0.2) is 9.84 Å². The minimum absolute atomic E-state index is 0.0132. The molecule has 1 N–H and O–H groups in total. The van der Waals surface area contributed by atoms with E-state index < -0.39 is 25.8 Å². The SMILES string of the molecule is CCN(C1CCCCC1)S(=O)(=O)c1ccc(C(=O)Nc2ccccc2S(C)(=O)=O)cc1. The second-order valence-corrected chi connectivity index (χ2v) is 11.6. The van der Waals surface area contributed by atoms with Crippen LogP contribution in [-0.2, 0) is 19.9 Å². The van der Waals surface area contributed by atoms with E-state index in [1.807, 2.05) is 6.92 Å². The number of hydrogen-bond acceptors (Lipinski definition) is 5. The fourth-order valence-electron chi connectivity index (χ4n) is 3.99. The third-order valence-corrected chi connectivity index (χ3v) is 8.75. The maximum absolute atomic E-state index is 13.1. The van der Waals surface area contributed by atoms with Crippen molar-refractivity contribution in [2.45, 2.75) is 54.9 Å². The average molecular weight is 465 g/mol. The number of hydrogen-bond donors (Lipinski definition) is 1. The predicted octanol–water partition coefficient (Wildman–Crippen LogP) is 3.69. The topological polar surface area (TPSA) is 101 Å². The van der Waals surface area contributed by atoms with E-state index in [1.165, 1.54) is 36.4 Å². The van der Waals surface area contributed by atoms with Crippen molar-refractivity contribution in [1.29, 1.82) is 0 Å². The van der Waals surface area contributed by atoms with Gasteiger partial charge in [0.05, 0.1) is 15.5 Å². The van der Waals surface area contributed by atoms with Gasteiger partial charge in [-0.3, -0.25) is 4.79 Å². The van der Waals surface area contributed by atoms with Crippen molar-refractivity contribution < 1.29 is 21.6 Å². The van der Waals surface area contributed by atoms with Gasteiger partial charge < -0.3 is 5.32 Å². The number of carbonyl (C=O) groups is 1. The first-order chi connectivity index (χ1) is 14.6. The first-order valence-corrected chi connectivity index (χ1v) is 13.7. The molecule has 0 bridgehead atoms. The van der Waals surface area contributed by atoms with Crippen molar-refractivity contribution in [3.63, 3.8) is 0 Å². The first kappa shape index (κ1) is 23.4. The van der Waals surface area contributed by atoms with Gasteiger partial charge in [-0.25, -0.2) is 16.8 Å². The predicted molar refractivity (Wildman–Crippen MR) is 120 cm³/mol. The van der Waals surface area contributed by atoms with Gasteiger partial charge in [-0.05, 0) is 49.2 Å². The number of rotatable bonds is 7. The van der Waals surface area contributed by atoms with Crippen molar-refractivity contribution in [2.24, 2.45) is 0 Å². The molecule has 9 heteroatoms. The lowest BCUT2D eigenvalue weighted by molar-refractivity contribution is 0.102. The number of anilines is 1. The molecule has 168 valence electrons. The van der Waals surface area contributed by atoms with Crippen LogP contribution in [0.5, 0.6) is 0 Å². The molecule has 0 aliphatic heterocycles. The number of amides is 1. The van der Waals surface area contributed by atoms with Gasteiger partial charge in [-0.2, -0.15) is 4.31 Å². The van der Waals surface area contributed by atoms with Crippen LogP contribution in [0.1, 0.15) is 49.4 Å². The number of nitrogens with one attached hydrogen (secondary N) is 1. The summed E-state index contributed by atoms with van der Waals surface area (Å²) in [6.07, 6.45) is 6.01. The van der Waals surface area contributed by atoms with Gasteiger partial charge in [-0.1, -0.05) is 38.3 Å². The smallest absolute Gasteiger partial charge is 0.255 e. The Hall–Kier alpha value is -2.23. The fourth-order valence-corrected chi connectivity index (χ4v) is 6.53. The van der Waals surface area contributed by atoms with Crippen molar-refractivity contribution in [3.05, 3.63) is 54.1 Å². The third-order valence-electron chi connectivity index (χ3n) is 5.55. The van der Waals surface area contributed by atoms with Crippen LogP contribution in [0.2, 0.25) is 0 Å². The number of carbonyl (C=O) groups excluding carboxylic acids is 1. The highest BCUT2D eigenvalue weighted by Gasteiger charge is 2.31. The summed E-state index contributed by atoms with van der Waals surface area (Å²) >= 11 is 0. The van der Waals surface area contributed by atoms with E-state index in [-0.39, 0.29) is 27.1 Å². The monoisotopic (exact) mass is 464 g/mol. The zero-order valence-corrected chi connectivity index (χ0v) is 19.4. The molecule has 0 saturated heterocycles. The number of sulfone groups is 1. The third kappa shape index (κ3) is 5.34. The van der Waals surface area contributed by atoms with Crippen molar-refractivity contribution in [3.8, 4) is 0 Å². The van der Waals surface area contributed by atoms with Gasteiger partial charge >= 0.3 is 0 Å². The Kier molecular flexibility index (Phi) is 7.18. The second kappa shape index (κ2) is 9.50. The molecular formula is C22H28N2O5S2. The zero-order valence-electron chi connectivity index (χ0n) is 17.7. The van der Waals surface area contributed by atoms with Gasteiger partial charge in [-0.15, -0.1) is 0 Å². The Bertz CT molecular complexity index is 1140. The van der Waals surface area contributed by atoms with Crippen LogP contribution in [0, 0.1) is 0 Å². The van der Waals surface area contributed by atoms with E-state index in [1.54, 1.807) is 16.4 Å². The maximum atomic E-state index is 13.1. The highest BCUT2D eigenvalue weighted by molar-refractivity contribution is 7.91. The summed E-state index contributed by atoms with van der Waals surface area (Å²) in [6.45, 7) is 2.24. The zero-order chi connectivity index (χ0) is 22.6. The van der Waals surface area contributed by atoms with Crippen LogP contribution in [0.4, 0.5) is 5.69 Å². The molecule has 1 saturated carbocycles. The molecule has 0 radical (unpaired) electrons. The Labute approximate surface area is 184 Å². The van der Waals surface area contributed by atoms with Gasteiger partial charge in [0.2, 0.25) is 10.0 Å². The quantitative estimate of drug-likeness (QED) is 0.674. The molecule has 3 rings (SSSR count). The van der Waals surface area contributed by atoms with Crippen LogP contribution >= 0.6 is 0 Å². The number of benzene rings is 2. The van der Waals surface area contributed by atoms with E-state index in [9.17, 15) is 21.6 Å². The largest absolute Gasteiger partial charge is 0.321 e. The fraction of sp³-hybridized carbons (Fsp3) is 0.409. The van der Waals surface area contributed by atoms with E-state index in [4.69, 9.17) is 0 Å². The molecule has 1 aliphatic carbocycles. The summed E-state index contributed by atoms with van der Waals surface area (Å²) in [6, 6.07) is 11.9. The molecule has 0 aromatic heterocycles. The van der Waals surface area contributed by atoms with Crippen LogP contribution in [0.3, 0.4) is 0 Å². The van der Waals surface area contributed by atoms with Crippen molar-refractivity contribution in [2.75, 3.05) is 18.1 Å². The van der Waals surface area contributed by atoms with E-state index >= 15 is 0 Å². The second-order valence-electron chi connectivity index (χ2n) is 7.75. The molecule has 2 aromatic carbocycles. The van der Waals surface area contributed by atoms with Crippen LogP contribution < -0.4 is 5.32 Å². The summed E-state index contributed by atoms with van der Waals surface area (Å²) in [7, 11) is -7.17. The minimum atomic E-state index is -3.66. The molecule has 0 unspecified atom stereocenters. The molecule has 0 atom stereocenters. The standard InChI is InChI=1S/C22H28N2O5S2/c1-3-24(18-9-5-4-6-10-18)31(28,29)19-15-13-17(14-16-19)22(25)23-20-11-7-8-12-21(20)30(2,26)27/h7-8,11-16,18H,3-6,9-10H2,1-2H3,(H,23,25). The van der Waals surface area contributed by atoms with Gasteiger partial charge in [0.25, 0.3) is 5.91 Å². The summed E-state index contributed by atoms with van der Waals surface area (Å²) in [5.41, 5.74) is 0.420. The Balaban J connectivity index is 1.80. The van der Waals surface area contributed by atoms with Crippen LogP contribution in [-0.4, -0.2) is 45.9 Å². The summed E-state index contributed by atoms with van der Waals surface area (Å²) < 4.78 is 51.7. The van der Waals surface area contributed by atoms with E-state index in [0.717, 1.165) is 38.4 Å². The minimum Gasteiger partial charge on any atom is -0.321 e. The molecule has 1 aliphatic rings. The molecule has 0 heterocycles. The highest BCUT2D eigenvalue weighted by Crippen LogP contribution is 2.28. The van der Waals surface area contributed by atoms with Gasteiger partial charge in [0, 0.05) is 24.4 Å². The molecule has 31 heavy (non-hydrogen) atoms. The summed E-state index contributed by atoms with van der Waals surface area (Å²) in [5.74, 6) is -0.514. The molecule has 7 nitrogen and oxygen atoms in total. The lowest BCUT2D eigenvalue weighted by Gasteiger charge is -2.32. The highest BCUT2D eigenvalue weighted by atomic mass is 32.2. The molecule has 2 aromatic rings. The van der Waals surface area contributed by atoms with Crippen molar-refractivity contribution in [1.82, 2.24) is 4.31 Å². The maximum Gasteiger partial charge on any atom is 0.255 e. The van der Waals surface area contributed by atoms with E-state index in [2.05, 4.69) is 5.32 Å². The van der Waals surface area contributed by atoms with Gasteiger partial charge in [0.1, 0.15) is 0 Å². The first-order valence-electron chi connectivity index (χ1n) is 10.4. The molecular weight excluding hydrogens is 436 g/mol. The average Bonchev–Trinajstić information content (AvgIpc) is 2.74. The molecule has 1 fully saturated rings. The van der Waals surface area contributed by atoms with Crippen molar-refractivity contribution >= 4 is 31.5 Å². The lowest BCUT2D eigenvalue weighted by Crippen LogP contribution is -2.41. The Morgan fingerprint density at radius 3 is 2.16 bits per heavy atom. The molecule has 1 amide bonds. The summed E-state index contributed by atoms with van der Waals surface area (Å²) in [5, 5.41) is 2.60. The van der Waals surface area contributed by atoms with E-state index in [0.29, 0.717) is 6.54 Å². The summed E-state index contributed by atoms with van der Waals surface area (Å²) in [4.78, 5) is 12.8. The molecule has 0 spiro atoms. The number of nitrogens with zero attached hydrogens (tertiary/aromatic N) is 1. The lowest BCUT2D eigenvalue weighted by atomic mass is 9.95.